The number of hydrogen-bond acceptors (Lipinski definition) is 3. The molecule has 2 N–H and O–H groups in total. The van der Waals surface area contributed by atoms with E-state index in [1.54, 1.807) is 0 Å². The monoisotopic (exact) mass is 291 g/mol. The van der Waals surface area contributed by atoms with E-state index in [-0.39, 0.29) is 6.61 Å². The molecule has 0 spiro atoms. The average Bonchev–Trinajstić information content (AvgIpc) is 2.41. The second kappa shape index (κ2) is 7.50. The minimum absolute atomic E-state index is 0.0365. The second-order valence-electron chi connectivity index (χ2n) is 4.70. The molecule has 0 saturated carbocycles. The van der Waals surface area contributed by atoms with Crippen LogP contribution in [0.3, 0.4) is 0 Å². The zero-order valence-electron chi connectivity index (χ0n) is 11.6. The predicted molar refractivity (Wildman–Crippen MR) is 70.7 cm³/mol. The van der Waals surface area contributed by atoms with Gasteiger partial charge in [0, 0.05) is 12.6 Å². The zero-order valence-corrected chi connectivity index (χ0v) is 11.6. The fraction of sp³-hybridized carbons (Fsp3) is 0.571. The summed E-state index contributed by atoms with van der Waals surface area (Å²) in [4.78, 5) is 0. The molecule has 1 aromatic rings. The molecule has 1 rings (SSSR count). The minimum Gasteiger partial charge on any atom is -0.491 e. The highest BCUT2D eigenvalue weighted by Gasteiger charge is 2.30. The Balaban J connectivity index is 2.38. The van der Waals surface area contributed by atoms with E-state index in [0.717, 1.165) is 18.6 Å². The average molecular weight is 291 g/mol. The highest BCUT2D eigenvalue weighted by molar-refractivity contribution is 5.28. The fourth-order valence-corrected chi connectivity index (χ4v) is 1.47. The maximum Gasteiger partial charge on any atom is 0.416 e. The molecule has 1 aromatic carbocycles. The molecule has 0 saturated heterocycles. The van der Waals surface area contributed by atoms with Gasteiger partial charge in [0.2, 0.25) is 0 Å². The molecule has 0 aliphatic heterocycles. The topological polar surface area (TPSA) is 41.5 Å². The summed E-state index contributed by atoms with van der Waals surface area (Å²) in [6, 6.07) is 4.71. The lowest BCUT2D eigenvalue weighted by Gasteiger charge is -2.16. The summed E-state index contributed by atoms with van der Waals surface area (Å²) in [5, 5.41) is 12.8. The lowest BCUT2D eigenvalue weighted by atomic mass is 10.2. The molecule has 0 aliphatic carbocycles. The van der Waals surface area contributed by atoms with E-state index < -0.39 is 17.8 Å². The molecule has 6 heteroatoms. The Morgan fingerprint density at radius 2 is 1.85 bits per heavy atom. The van der Waals surface area contributed by atoms with Gasteiger partial charge < -0.3 is 15.2 Å². The van der Waals surface area contributed by atoms with Crippen molar-refractivity contribution in [2.45, 2.75) is 38.6 Å². The number of halogens is 3. The van der Waals surface area contributed by atoms with Crippen LogP contribution in [0.2, 0.25) is 0 Å². The zero-order chi connectivity index (χ0) is 15.2. The van der Waals surface area contributed by atoms with Crippen LogP contribution >= 0.6 is 0 Å². The molecule has 20 heavy (non-hydrogen) atoms. The first-order valence-electron chi connectivity index (χ1n) is 6.54. The van der Waals surface area contributed by atoms with Gasteiger partial charge in [-0.05, 0) is 37.6 Å². The number of aliphatic hydroxyl groups is 1. The van der Waals surface area contributed by atoms with E-state index in [9.17, 15) is 18.3 Å². The minimum atomic E-state index is -4.35. The van der Waals surface area contributed by atoms with Crippen LogP contribution < -0.4 is 10.1 Å². The third-order valence-electron chi connectivity index (χ3n) is 2.94. The van der Waals surface area contributed by atoms with Crippen LogP contribution in [-0.2, 0) is 6.18 Å². The van der Waals surface area contributed by atoms with Gasteiger partial charge in [0.15, 0.2) is 0 Å². The Hall–Kier alpha value is -1.27. The van der Waals surface area contributed by atoms with Crippen LogP contribution in [0, 0.1) is 0 Å². The molecule has 3 nitrogen and oxygen atoms in total. The van der Waals surface area contributed by atoms with Crippen molar-refractivity contribution in [3.63, 3.8) is 0 Å². The first kappa shape index (κ1) is 16.8. The first-order chi connectivity index (χ1) is 9.32. The van der Waals surface area contributed by atoms with Gasteiger partial charge in [-0.15, -0.1) is 0 Å². The molecule has 0 amide bonds. The summed E-state index contributed by atoms with van der Waals surface area (Å²) >= 11 is 0. The van der Waals surface area contributed by atoms with Crippen molar-refractivity contribution in [2.75, 3.05) is 13.2 Å². The van der Waals surface area contributed by atoms with Crippen LogP contribution in [-0.4, -0.2) is 30.4 Å². The summed E-state index contributed by atoms with van der Waals surface area (Å²) in [7, 11) is 0. The SMILES string of the molecule is CCC(C)NCC(O)COc1ccc(C(F)(F)F)cc1. The van der Waals surface area contributed by atoms with Crippen LogP contribution in [0.15, 0.2) is 24.3 Å². The lowest BCUT2D eigenvalue weighted by molar-refractivity contribution is -0.137. The summed E-state index contributed by atoms with van der Waals surface area (Å²) in [6.07, 6.45) is -4.10. The summed E-state index contributed by atoms with van der Waals surface area (Å²) < 4.78 is 42.3. The third-order valence-corrected chi connectivity index (χ3v) is 2.94. The molecular weight excluding hydrogens is 271 g/mol. The predicted octanol–water partition coefficient (Wildman–Crippen LogP) is 2.83. The Labute approximate surface area is 116 Å². The van der Waals surface area contributed by atoms with Gasteiger partial charge in [0.1, 0.15) is 18.5 Å². The quantitative estimate of drug-likeness (QED) is 0.811. The van der Waals surface area contributed by atoms with Crippen molar-refractivity contribution in [3.05, 3.63) is 29.8 Å². The number of benzene rings is 1. The van der Waals surface area contributed by atoms with Gasteiger partial charge in [-0.3, -0.25) is 0 Å². The highest BCUT2D eigenvalue weighted by atomic mass is 19.4. The standard InChI is InChI=1S/C14H20F3NO2/c1-3-10(2)18-8-12(19)9-20-13-6-4-11(5-7-13)14(15,16)17/h4-7,10,12,18-19H,3,8-9H2,1-2H3. The van der Waals surface area contributed by atoms with Crippen molar-refractivity contribution in [2.24, 2.45) is 0 Å². The van der Waals surface area contributed by atoms with E-state index in [1.807, 2.05) is 13.8 Å². The Bertz CT molecular complexity index is 392. The van der Waals surface area contributed by atoms with Crippen molar-refractivity contribution < 1.29 is 23.0 Å². The maximum atomic E-state index is 12.4. The number of rotatable bonds is 7. The number of ether oxygens (including phenoxy) is 1. The first-order valence-corrected chi connectivity index (χ1v) is 6.54. The van der Waals surface area contributed by atoms with E-state index in [4.69, 9.17) is 4.74 Å². The summed E-state index contributed by atoms with van der Waals surface area (Å²) in [5.41, 5.74) is -0.719. The number of hydrogen-bond donors (Lipinski definition) is 2. The van der Waals surface area contributed by atoms with E-state index in [0.29, 0.717) is 18.3 Å². The van der Waals surface area contributed by atoms with Gasteiger partial charge >= 0.3 is 6.18 Å². The van der Waals surface area contributed by atoms with Crippen molar-refractivity contribution in [3.8, 4) is 5.75 Å². The maximum absolute atomic E-state index is 12.4. The third kappa shape index (κ3) is 5.79. The van der Waals surface area contributed by atoms with Crippen molar-refractivity contribution in [1.29, 1.82) is 0 Å². The van der Waals surface area contributed by atoms with Gasteiger partial charge in [-0.25, -0.2) is 0 Å². The largest absolute Gasteiger partial charge is 0.491 e. The number of aliphatic hydroxyl groups excluding tert-OH is 1. The van der Waals surface area contributed by atoms with Crippen LogP contribution in [0.25, 0.3) is 0 Å². The second-order valence-corrected chi connectivity index (χ2v) is 4.70. The molecule has 0 bridgehead atoms. The number of nitrogens with one attached hydrogen (secondary N) is 1. The molecule has 0 aliphatic rings. The Morgan fingerprint density at radius 1 is 1.25 bits per heavy atom. The van der Waals surface area contributed by atoms with Gasteiger partial charge in [0.25, 0.3) is 0 Å². The molecular formula is C14H20F3NO2. The van der Waals surface area contributed by atoms with Crippen LogP contribution in [0.5, 0.6) is 5.75 Å². The van der Waals surface area contributed by atoms with E-state index in [2.05, 4.69) is 5.32 Å². The van der Waals surface area contributed by atoms with E-state index >= 15 is 0 Å². The Morgan fingerprint density at radius 3 is 2.35 bits per heavy atom. The molecule has 2 unspecified atom stereocenters. The normalized spacial score (nSPS) is 14.9. The molecule has 0 aromatic heterocycles. The lowest BCUT2D eigenvalue weighted by Crippen LogP contribution is -2.36. The molecule has 114 valence electrons. The van der Waals surface area contributed by atoms with Crippen molar-refractivity contribution in [1.82, 2.24) is 5.32 Å². The van der Waals surface area contributed by atoms with E-state index in [1.165, 1.54) is 12.1 Å². The van der Waals surface area contributed by atoms with Crippen molar-refractivity contribution >= 4 is 0 Å². The molecule has 0 radical (unpaired) electrons. The Kier molecular flexibility index (Phi) is 6.29. The smallest absolute Gasteiger partial charge is 0.416 e. The van der Waals surface area contributed by atoms with Crippen LogP contribution in [0.4, 0.5) is 13.2 Å². The molecule has 0 heterocycles. The fourth-order valence-electron chi connectivity index (χ4n) is 1.47. The molecule has 2 atom stereocenters. The van der Waals surface area contributed by atoms with Gasteiger partial charge in [-0.2, -0.15) is 13.2 Å². The van der Waals surface area contributed by atoms with Gasteiger partial charge in [0.05, 0.1) is 5.56 Å². The number of alkyl halides is 3. The summed E-state index contributed by atoms with van der Waals surface area (Å²) in [5.74, 6) is 0.306. The molecule has 0 fully saturated rings. The summed E-state index contributed by atoms with van der Waals surface area (Å²) in [6.45, 7) is 4.45. The van der Waals surface area contributed by atoms with Crippen LogP contribution in [0.1, 0.15) is 25.8 Å². The van der Waals surface area contributed by atoms with Gasteiger partial charge in [-0.1, -0.05) is 6.92 Å². The highest BCUT2D eigenvalue weighted by Crippen LogP contribution is 2.30.